The highest BCUT2D eigenvalue weighted by Crippen LogP contribution is 2.32. The average Bonchev–Trinajstić information content (AvgIpc) is 3.37. The molecule has 3 aromatic carbocycles. The molecular formula is C28H30N4O4S2. The molecule has 1 aromatic heterocycles. The van der Waals surface area contributed by atoms with Gasteiger partial charge in [-0.05, 0) is 68.4 Å². The van der Waals surface area contributed by atoms with Crippen LogP contribution in [-0.4, -0.2) is 63.5 Å². The highest BCUT2D eigenvalue weighted by Gasteiger charge is 2.26. The van der Waals surface area contributed by atoms with Gasteiger partial charge >= 0.3 is 0 Å². The molecule has 198 valence electrons. The fourth-order valence-electron chi connectivity index (χ4n) is 4.55. The summed E-state index contributed by atoms with van der Waals surface area (Å²) in [6.07, 6.45) is 0. The summed E-state index contributed by atoms with van der Waals surface area (Å²) in [5, 5.41) is 0.939. The number of carbonyl (C=O) groups excluding carboxylic acids is 1. The molecule has 8 nitrogen and oxygen atoms in total. The van der Waals surface area contributed by atoms with Crippen LogP contribution in [0.15, 0.2) is 77.7 Å². The third-order valence-corrected chi connectivity index (χ3v) is 9.51. The molecule has 0 atom stereocenters. The summed E-state index contributed by atoms with van der Waals surface area (Å²) in [6, 6.07) is 21.2. The number of amides is 1. The van der Waals surface area contributed by atoms with Gasteiger partial charge in [0.2, 0.25) is 0 Å². The van der Waals surface area contributed by atoms with Gasteiger partial charge in [-0.2, -0.15) is 0 Å². The standard InChI is InChI=1S/C28H30N4O4S2/c1-3-32(22-8-6-5-7-9-22)38(34,35)24-13-10-21(11-14-24)27(33)30-16-18-31(19-17-30)28-29-25-15-12-23(36-4-2)20-26(25)37-28/h5-15,20H,3-4,16-19H2,1-2H3. The average molecular weight is 551 g/mol. The number of fused-ring (bicyclic) bond motifs is 1. The zero-order chi connectivity index (χ0) is 26.7. The Balaban J connectivity index is 1.24. The summed E-state index contributed by atoms with van der Waals surface area (Å²) >= 11 is 1.63. The lowest BCUT2D eigenvalue weighted by molar-refractivity contribution is 0.0746. The topological polar surface area (TPSA) is 83.0 Å². The molecule has 1 saturated heterocycles. The summed E-state index contributed by atoms with van der Waals surface area (Å²) in [5.74, 6) is 0.738. The van der Waals surface area contributed by atoms with Gasteiger partial charge in [-0.3, -0.25) is 9.10 Å². The Morgan fingerprint density at radius 2 is 1.68 bits per heavy atom. The molecule has 0 N–H and O–H groups in total. The lowest BCUT2D eigenvalue weighted by Crippen LogP contribution is -2.48. The Kier molecular flexibility index (Phi) is 7.53. The predicted octanol–water partition coefficient (Wildman–Crippen LogP) is 4.87. The molecule has 38 heavy (non-hydrogen) atoms. The molecule has 1 amide bonds. The highest BCUT2D eigenvalue weighted by molar-refractivity contribution is 7.92. The van der Waals surface area contributed by atoms with E-state index in [1.54, 1.807) is 42.5 Å². The van der Waals surface area contributed by atoms with E-state index in [2.05, 4.69) is 4.90 Å². The van der Waals surface area contributed by atoms with Crippen LogP contribution < -0.4 is 13.9 Å². The van der Waals surface area contributed by atoms with E-state index < -0.39 is 10.0 Å². The van der Waals surface area contributed by atoms with Crippen molar-refractivity contribution in [3.63, 3.8) is 0 Å². The molecule has 1 fully saturated rings. The number of rotatable bonds is 8. The van der Waals surface area contributed by atoms with Gasteiger partial charge in [0.25, 0.3) is 15.9 Å². The first-order valence-electron chi connectivity index (χ1n) is 12.7. The van der Waals surface area contributed by atoms with Gasteiger partial charge in [0.15, 0.2) is 5.13 Å². The Morgan fingerprint density at radius 3 is 2.34 bits per heavy atom. The molecule has 0 radical (unpaired) electrons. The zero-order valence-electron chi connectivity index (χ0n) is 21.4. The van der Waals surface area contributed by atoms with E-state index in [0.717, 1.165) is 21.1 Å². The molecule has 1 aliphatic heterocycles. The Morgan fingerprint density at radius 1 is 0.974 bits per heavy atom. The van der Waals surface area contributed by atoms with Crippen LogP contribution in [0.4, 0.5) is 10.8 Å². The van der Waals surface area contributed by atoms with Crippen molar-refractivity contribution in [2.24, 2.45) is 0 Å². The minimum atomic E-state index is -3.74. The minimum Gasteiger partial charge on any atom is -0.494 e. The minimum absolute atomic E-state index is 0.102. The van der Waals surface area contributed by atoms with Crippen LogP contribution in [-0.2, 0) is 10.0 Å². The number of sulfonamides is 1. The molecule has 0 spiro atoms. The van der Waals surface area contributed by atoms with E-state index in [4.69, 9.17) is 9.72 Å². The van der Waals surface area contributed by atoms with Gasteiger partial charge in [0.1, 0.15) is 5.75 Å². The smallest absolute Gasteiger partial charge is 0.264 e. The molecule has 2 heterocycles. The maximum absolute atomic E-state index is 13.2. The molecule has 4 aromatic rings. The summed E-state index contributed by atoms with van der Waals surface area (Å²) in [4.78, 5) is 22.1. The van der Waals surface area contributed by atoms with E-state index >= 15 is 0 Å². The van der Waals surface area contributed by atoms with Crippen molar-refractivity contribution in [2.75, 3.05) is 48.5 Å². The van der Waals surface area contributed by atoms with E-state index in [1.165, 1.54) is 16.4 Å². The van der Waals surface area contributed by atoms with Crippen molar-refractivity contribution in [3.8, 4) is 5.75 Å². The van der Waals surface area contributed by atoms with E-state index in [1.807, 2.05) is 48.2 Å². The fourth-order valence-corrected chi connectivity index (χ4v) is 7.07. The van der Waals surface area contributed by atoms with Gasteiger partial charge in [-0.1, -0.05) is 29.5 Å². The first-order valence-corrected chi connectivity index (χ1v) is 14.9. The second-order valence-corrected chi connectivity index (χ2v) is 11.7. The first kappa shape index (κ1) is 26.0. The Bertz CT molecular complexity index is 1510. The Hall–Kier alpha value is -3.63. The lowest BCUT2D eigenvalue weighted by atomic mass is 10.2. The van der Waals surface area contributed by atoms with Crippen molar-refractivity contribution < 1.29 is 17.9 Å². The maximum Gasteiger partial charge on any atom is 0.264 e. The first-order chi connectivity index (χ1) is 18.4. The van der Waals surface area contributed by atoms with E-state index in [9.17, 15) is 13.2 Å². The number of ether oxygens (including phenoxy) is 1. The number of aromatic nitrogens is 1. The van der Waals surface area contributed by atoms with Crippen LogP contribution in [0.3, 0.4) is 0 Å². The second-order valence-electron chi connectivity index (χ2n) is 8.87. The van der Waals surface area contributed by atoms with Crippen LogP contribution in [0.5, 0.6) is 5.75 Å². The molecule has 0 saturated carbocycles. The zero-order valence-corrected chi connectivity index (χ0v) is 23.0. The number of carbonyl (C=O) groups is 1. The van der Waals surface area contributed by atoms with Gasteiger partial charge in [-0.25, -0.2) is 13.4 Å². The lowest BCUT2D eigenvalue weighted by Gasteiger charge is -2.34. The van der Waals surface area contributed by atoms with Crippen LogP contribution in [0.1, 0.15) is 24.2 Å². The normalized spacial score (nSPS) is 14.1. The van der Waals surface area contributed by atoms with Crippen molar-refractivity contribution >= 4 is 48.3 Å². The van der Waals surface area contributed by atoms with Gasteiger partial charge in [-0.15, -0.1) is 0 Å². The number of anilines is 2. The molecule has 10 heteroatoms. The van der Waals surface area contributed by atoms with E-state index in [-0.39, 0.29) is 10.8 Å². The van der Waals surface area contributed by atoms with E-state index in [0.29, 0.717) is 50.6 Å². The van der Waals surface area contributed by atoms with Crippen LogP contribution in [0.25, 0.3) is 10.2 Å². The molecule has 0 bridgehead atoms. The Labute approximate surface area is 227 Å². The van der Waals surface area contributed by atoms with Crippen molar-refractivity contribution in [3.05, 3.63) is 78.4 Å². The summed E-state index contributed by atoms with van der Waals surface area (Å²) in [5.41, 5.74) is 2.02. The van der Waals surface area contributed by atoms with Gasteiger partial charge in [0, 0.05) is 38.3 Å². The number of benzene rings is 3. The molecule has 5 rings (SSSR count). The SMILES string of the molecule is CCOc1ccc2nc(N3CCN(C(=O)c4ccc(S(=O)(=O)N(CC)c5ccccc5)cc4)CC3)sc2c1. The summed E-state index contributed by atoms with van der Waals surface area (Å²) in [7, 11) is -3.74. The molecule has 1 aliphatic rings. The number of thiazole rings is 1. The van der Waals surface area contributed by atoms with Gasteiger partial charge < -0.3 is 14.5 Å². The number of nitrogens with zero attached hydrogens (tertiary/aromatic N) is 4. The third-order valence-electron chi connectivity index (χ3n) is 6.52. The maximum atomic E-state index is 13.2. The predicted molar refractivity (Wildman–Crippen MR) is 152 cm³/mol. The van der Waals surface area contributed by atoms with Crippen molar-refractivity contribution in [1.82, 2.24) is 9.88 Å². The third kappa shape index (κ3) is 5.19. The molecule has 0 unspecified atom stereocenters. The van der Waals surface area contributed by atoms with Crippen LogP contribution >= 0.6 is 11.3 Å². The molecular weight excluding hydrogens is 520 g/mol. The number of hydrogen-bond donors (Lipinski definition) is 0. The number of hydrogen-bond acceptors (Lipinski definition) is 7. The number of piperazine rings is 1. The van der Waals surface area contributed by atoms with Crippen LogP contribution in [0, 0.1) is 0 Å². The quantitative estimate of drug-likeness (QED) is 0.311. The highest BCUT2D eigenvalue weighted by atomic mass is 32.2. The number of para-hydroxylation sites is 1. The summed E-state index contributed by atoms with van der Waals surface area (Å²) in [6.45, 7) is 7.18. The second kappa shape index (κ2) is 11.0. The molecule has 0 aliphatic carbocycles. The van der Waals surface area contributed by atoms with Crippen LogP contribution in [0.2, 0.25) is 0 Å². The van der Waals surface area contributed by atoms with Gasteiger partial charge in [0.05, 0.1) is 27.4 Å². The fraction of sp³-hybridized carbons (Fsp3) is 0.286. The monoisotopic (exact) mass is 550 g/mol. The summed E-state index contributed by atoms with van der Waals surface area (Å²) < 4.78 is 34.5. The van der Waals surface area contributed by atoms with Crippen molar-refractivity contribution in [2.45, 2.75) is 18.7 Å². The van der Waals surface area contributed by atoms with Crippen molar-refractivity contribution in [1.29, 1.82) is 0 Å². The largest absolute Gasteiger partial charge is 0.494 e.